The fourth-order valence-electron chi connectivity index (χ4n) is 3.03. The molecule has 0 aromatic heterocycles. The molecule has 4 heteroatoms. The second-order valence-electron chi connectivity index (χ2n) is 5.67. The number of nitrogens with one attached hydrogen (secondary N) is 1. The maximum absolute atomic E-state index is 11.9. The van der Waals surface area contributed by atoms with Crippen molar-refractivity contribution in [3.8, 4) is 0 Å². The molecule has 0 atom stereocenters. The molecule has 1 N–H and O–H groups in total. The zero-order chi connectivity index (χ0) is 12.8. The molecule has 1 saturated heterocycles. The van der Waals surface area contributed by atoms with Gasteiger partial charge in [0.15, 0.2) is 0 Å². The highest BCUT2D eigenvalue weighted by Gasteiger charge is 2.21. The Bertz CT molecular complexity index is 256. The second-order valence-corrected chi connectivity index (χ2v) is 5.67. The standard InChI is InChI=1S/C14H27N3O/c1-2-7-16-8-10-17(11-9-16)12-14(18)15-13-5-3-4-6-13/h13H,2-12H2,1H3,(H,15,18). The van der Waals surface area contributed by atoms with Crippen molar-refractivity contribution in [1.29, 1.82) is 0 Å². The van der Waals surface area contributed by atoms with Gasteiger partial charge in [-0.1, -0.05) is 19.8 Å². The average Bonchev–Trinajstić information content (AvgIpc) is 2.84. The van der Waals surface area contributed by atoms with Crippen molar-refractivity contribution in [3.05, 3.63) is 0 Å². The van der Waals surface area contributed by atoms with Crippen LogP contribution in [0.15, 0.2) is 0 Å². The lowest BCUT2D eigenvalue weighted by molar-refractivity contribution is -0.123. The molecule has 4 nitrogen and oxygen atoms in total. The van der Waals surface area contributed by atoms with Crippen LogP contribution in [0.2, 0.25) is 0 Å². The van der Waals surface area contributed by atoms with Gasteiger partial charge in [0.05, 0.1) is 6.54 Å². The topological polar surface area (TPSA) is 35.6 Å². The van der Waals surface area contributed by atoms with Crippen molar-refractivity contribution >= 4 is 5.91 Å². The smallest absolute Gasteiger partial charge is 0.234 e. The van der Waals surface area contributed by atoms with Crippen LogP contribution in [0.25, 0.3) is 0 Å². The molecule has 2 fully saturated rings. The molecule has 1 heterocycles. The molecule has 1 saturated carbocycles. The first-order chi connectivity index (χ1) is 8.78. The van der Waals surface area contributed by atoms with Gasteiger partial charge in [-0.2, -0.15) is 0 Å². The summed E-state index contributed by atoms with van der Waals surface area (Å²) < 4.78 is 0. The molecule has 18 heavy (non-hydrogen) atoms. The predicted molar refractivity (Wildman–Crippen MR) is 73.6 cm³/mol. The van der Waals surface area contributed by atoms with E-state index < -0.39 is 0 Å². The van der Waals surface area contributed by atoms with Gasteiger partial charge in [-0.05, 0) is 25.8 Å². The molecule has 0 radical (unpaired) electrons. The normalized spacial score (nSPS) is 23.4. The van der Waals surface area contributed by atoms with Gasteiger partial charge in [-0.15, -0.1) is 0 Å². The molecule has 0 spiro atoms. The van der Waals surface area contributed by atoms with Crippen molar-refractivity contribution in [3.63, 3.8) is 0 Å². The third kappa shape index (κ3) is 4.25. The van der Waals surface area contributed by atoms with E-state index in [4.69, 9.17) is 0 Å². The number of nitrogens with zero attached hydrogens (tertiary/aromatic N) is 2. The molecule has 0 bridgehead atoms. The molecule has 2 aliphatic rings. The summed E-state index contributed by atoms with van der Waals surface area (Å²) in [5.41, 5.74) is 0. The van der Waals surface area contributed by atoms with Gasteiger partial charge in [-0.25, -0.2) is 0 Å². The summed E-state index contributed by atoms with van der Waals surface area (Å²) >= 11 is 0. The third-order valence-electron chi connectivity index (χ3n) is 4.09. The Hall–Kier alpha value is -0.610. The van der Waals surface area contributed by atoms with Crippen LogP contribution in [0.4, 0.5) is 0 Å². The lowest BCUT2D eigenvalue weighted by atomic mass is 10.2. The Morgan fingerprint density at radius 2 is 1.72 bits per heavy atom. The van der Waals surface area contributed by atoms with Crippen LogP contribution in [-0.4, -0.2) is 61.0 Å². The Morgan fingerprint density at radius 1 is 1.11 bits per heavy atom. The van der Waals surface area contributed by atoms with E-state index in [-0.39, 0.29) is 5.91 Å². The first-order valence-electron chi connectivity index (χ1n) is 7.52. The molecule has 104 valence electrons. The van der Waals surface area contributed by atoms with Crippen LogP contribution in [0.3, 0.4) is 0 Å². The molecule has 0 aromatic carbocycles. The Balaban J connectivity index is 1.63. The van der Waals surface area contributed by atoms with E-state index in [1.165, 1.54) is 38.6 Å². The molecular formula is C14H27N3O. The maximum atomic E-state index is 11.9. The second kappa shape index (κ2) is 7.10. The van der Waals surface area contributed by atoms with Crippen LogP contribution in [-0.2, 0) is 4.79 Å². The average molecular weight is 253 g/mol. The molecular weight excluding hydrogens is 226 g/mol. The highest BCUT2D eigenvalue weighted by molar-refractivity contribution is 5.78. The van der Waals surface area contributed by atoms with Gasteiger partial charge in [0.2, 0.25) is 5.91 Å². The quantitative estimate of drug-likeness (QED) is 0.796. The van der Waals surface area contributed by atoms with Gasteiger partial charge >= 0.3 is 0 Å². The largest absolute Gasteiger partial charge is 0.352 e. The van der Waals surface area contributed by atoms with Crippen LogP contribution in [0.1, 0.15) is 39.0 Å². The lowest BCUT2D eigenvalue weighted by Gasteiger charge is -2.34. The number of rotatable bonds is 5. The summed E-state index contributed by atoms with van der Waals surface area (Å²) in [5.74, 6) is 0.228. The van der Waals surface area contributed by atoms with Crippen molar-refractivity contribution in [1.82, 2.24) is 15.1 Å². The summed E-state index contributed by atoms with van der Waals surface area (Å²) in [6, 6.07) is 0.457. The van der Waals surface area contributed by atoms with Crippen LogP contribution >= 0.6 is 0 Å². The molecule has 1 aliphatic carbocycles. The van der Waals surface area contributed by atoms with Gasteiger partial charge < -0.3 is 10.2 Å². The molecule has 0 unspecified atom stereocenters. The molecule has 2 rings (SSSR count). The Labute approximate surface area is 111 Å². The van der Waals surface area contributed by atoms with Gasteiger partial charge in [0.25, 0.3) is 0 Å². The number of piperazine rings is 1. The fraction of sp³-hybridized carbons (Fsp3) is 0.929. The number of carbonyl (C=O) groups excluding carboxylic acids is 1. The lowest BCUT2D eigenvalue weighted by Crippen LogP contribution is -2.50. The summed E-state index contributed by atoms with van der Waals surface area (Å²) in [5, 5.41) is 3.17. The molecule has 0 aromatic rings. The predicted octanol–water partition coefficient (Wildman–Crippen LogP) is 1.07. The summed E-state index contributed by atoms with van der Waals surface area (Å²) in [4.78, 5) is 16.7. The zero-order valence-corrected chi connectivity index (χ0v) is 11.7. The number of amides is 1. The van der Waals surface area contributed by atoms with Crippen LogP contribution < -0.4 is 5.32 Å². The molecule has 1 aliphatic heterocycles. The molecule has 1 amide bonds. The van der Waals surface area contributed by atoms with Crippen molar-refractivity contribution in [2.45, 2.75) is 45.1 Å². The maximum Gasteiger partial charge on any atom is 0.234 e. The van der Waals surface area contributed by atoms with Gasteiger partial charge in [-0.3, -0.25) is 9.69 Å². The first kappa shape index (κ1) is 13.8. The van der Waals surface area contributed by atoms with Crippen molar-refractivity contribution < 1.29 is 4.79 Å². The van der Waals surface area contributed by atoms with Crippen LogP contribution in [0.5, 0.6) is 0 Å². The van der Waals surface area contributed by atoms with E-state index >= 15 is 0 Å². The minimum Gasteiger partial charge on any atom is -0.352 e. The summed E-state index contributed by atoms with van der Waals surface area (Å²) in [6.45, 7) is 8.32. The van der Waals surface area contributed by atoms with E-state index in [0.717, 1.165) is 26.2 Å². The van der Waals surface area contributed by atoms with E-state index in [1.807, 2.05) is 0 Å². The summed E-state index contributed by atoms with van der Waals surface area (Å²) in [7, 11) is 0. The monoisotopic (exact) mass is 253 g/mol. The zero-order valence-electron chi connectivity index (χ0n) is 11.7. The highest BCUT2D eigenvalue weighted by Crippen LogP contribution is 2.17. The van der Waals surface area contributed by atoms with Crippen molar-refractivity contribution in [2.24, 2.45) is 0 Å². The SMILES string of the molecule is CCCN1CCN(CC(=O)NC2CCCC2)CC1. The highest BCUT2D eigenvalue weighted by atomic mass is 16.2. The minimum atomic E-state index is 0.228. The number of hydrogen-bond donors (Lipinski definition) is 1. The first-order valence-corrected chi connectivity index (χ1v) is 7.52. The van der Waals surface area contributed by atoms with Crippen LogP contribution in [0, 0.1) is 0 Å². The minimum absolute atomic E-state index is 0.228. The number of carbonyl (C=O) groups is 1. The van der Waals surface area contributed by atoms with Gasteiger partial charge in [0.1, 0.15) is 0 Å². The van der Waals surface area contributed by atoms with E-state index in [9.17, 15) is 4.79 Å². The fourth-order valence-corrected chi connectivity index (χ4v) is 3.03. The van der Waals surface area contributed by atoms with Gasteiger partial charge in [0, 0.05) is 32.2 Å². The Morgan fingerprint density at radius 3 is 2.33 bits per heavy atom. The van der Waals surface area contributed by atoms with Crippen molar-refractivity contribution in [2.75, 3.05) is 39.3 Å². The van der Waals surface area contributed by atoms with E-state index in [0.29, 0.717) is 12.6 Å². The van der Waals surface area contributed by atoms with E-state index in [2.05, 4.69) is 22.0 Å². The van der Waals surface area contributed by atoms with E-state index in [1.54, 1.807) is 0 Å². The number of hydrogen-bond acceptors (Lipinski definition) is 3. The summed E-state index contributed by atoms with van der Waals surface area (Å²) in [6.07, 6.45) is 6.13. The third-order valence-corrected chi connectivity index (χ3v) is 4.09. The Kier molecular flexibility index (Phi) is 5.45.